The molecule has 0 spiro atoms. The quantitative estimate of drug-likeness (QED) is 0.902. The Morgan fingerprint density at radius 3 is 2.28 bits per heavy atom. The molecular weight excluding hydrogens is 246 g/mol. The second kappa shape index (κ2) is 5.89. The van der Waals surface area contributed by atoms with Gasteiger partial charge in [-0.15, -0.1) is 11.3 Å². The fourth-order valence-electron chi connectivity index (χ4n) is 1.99. The lowest BCUT2D eigenvalue weighted by atomic mass is 10.0. The summed E-state index contributed by atoms with van der Waals surface area (Å²) < 4.78 is 10.7. The van der Waals surface area contributed by atoms with Gasteiger partial charge in [-0.2, -0.15) is 0 Å². The number of rotatable bonds is 5. The van der Waals surface area contributed by atoms with Crippen LogP contribution in [0.25, 0.3) is 0 Å². The maximum absolute atomic E-state index is 6.29. The van der Waals surface area contributed by atoms with Crippen molar-refractivity contribution in [1.82, 2.24) is 0 Å². The van der Waals surface area contributed by atoms with Gasteiger partial charge in [-0.3, -0.25) is 0 Å². The standard InChI is InChI=1S/C14H17NO2S/c1-16-12-6-3-7-13(17-2)14(12)11(15)9-10-5-4-8-18-10/h3-8,11H,9,15H2,1-2H3. The summed E-state index contributed by atoms with van der Waals surface area (Å²) in [5.41, 5.74) is 7.21. The molecule has 3 nitrogen and oxygen atoms in total. The molecule has 0 saturated heterocycles. The highest BCUT2D eigenvalue weighted by atomic mass is 32.1. The molecule has 0 aliphatic rings. The largest absolute Gasteiger partial charge is 0.496 e. The molecule has 2 N–H and O–H groups in total. The first-order valence-electron chi connectivity index (χ1n) is 5.75. The highest BCUT2D eigenvalue weighted by molar-refractivity contribution is 7.09. The van der Waals surface area contributed by atoms with Crippen LogP contribution in [-0.2, 0) is 6.42 Å². The van der Waals surface area contributed by atoms with E-state index in [1.807, 2.05) is 24.3 Å². The zero-order valence-electron chi connectivity index (χ0n) is 10.6. The fourth-order valence-corrected chi connectivity index (χ4v) is 2.76. The first-order chi connectivity index (χ1) is 8.76. The zero-order valence-corrected chi connectivity index (χ0v) is 11.4. The van der Waals surface area contributed by atoms with E-state index in [9.17, 15) is 0 Å². The minimum atomic E-state index is -0.130. The van der Waals surface area contributed by atoms with Crippen LogP contribution in [0, 0.1) is 0 Å². The van der Waals surface area contributed by atoms with E-state index in [-0.39, 0.29) is 6.04 Å². The number of hydrogen-bond donors (Lipinski definition) is 1. The second-order valence-corrected chi connectivity index (χ2v) is 5.00. The van der Waals surface area contributed by atoms with E-state index >= 15 is 0 Å². The van der Waals surface area contributed by atoms with E-state index < -0.39 is 0 Å². The molecule has 0 saturated carbocycles. The molecule has 4 heteroatoms. The number of benzene rings is 1. The maximum Gasteiger partial charge on any atom is 0.127 e. The minimum absolute atomic E-state index is 0.130. The van der Waals surface area contributed by atoms with Crippen LogP contribution in [0.1, 0.15) is 16.5 Å². The first-order valence-corrected chi connectivity index (χ1v) is 6.63. The van der Waals surface area contributed by atoms with Gasteiger partial charge in [0.1, 0.15) is 11.5 Å². The minimum Gasteiger partial charge on any atom is -0.496 e. The van der Waals surface area contributed by atoms with Crippen molar-refractivity contribution >= 4 is 11.3 Å². The summed E-state index contributed by atoms with van der Waals surface area (Å²) in [7, 11) is 3.30. The average Bonchev–Trinajstić information content (AvgIpc) is 2.90. The SMILES string of the molecule is COc1cccc(OC)c1C(N)Cc1cccs1. The van der Waals surface area contributed by atoms with Gasteiger partial charge in [0.2, 0.25) is 0 Å². The lowest BCUT2D eigenvalue weighted by Crippen LogP contribution is -2.15. The maximum atomic E-state index is 6.29. The van der Waals surface area contributed by atoms with Crippen LogP contribution in [0.15, 0.2) is 35.7 Å². The topological polar surface area (TPSA) is 44.5 Å². The smallest absolute Gasteiger partial charge is 0.127 e. The van der Waals surface area contributed by atoms with Gasteiger partial charge in [-0.25, -0.2) is 0 Å². The Morgan fingerprint density at radius 1 is 1.11 bits per heavy atom. The Morgan fingerprint density at radius 2 is 1.78 bits per heavy atom. The van der Waals surface area contributed by atoms with Crippen molar-refractivity contribution in [1.29, 1.82) is 0 Å². The van der Waals surface area contributed by atoms with Crippen LogP contribution in [0.5, 0.6) is 11.5 Å². The predicted molar refractivity (Wildman–Crippen MR) is 74.5 cm³/mol. The lowest BCUT2D eigenvalue weighted by Gasteiger charge is -2.18. The first kappa shape index (κ1) is 12.9. The number of ether oxygens (including phenoxy) is 2. The average molecular weight is 263 g/mol. The molecule has 0 fully saturated rings. The highest BCUT2D eigenvalue weighted by Crippen LogP contribution is 2.34. The van der Waals surface area contributed by atoms with Crippen molar-refractivity contribution in [2.75, 3.05) is 14.2 Å². The van der Waals surface area contributed by atoms with Crippen molar-refractivity contribution in [2.45, 2.75) is 12.5 Å². The van der Waals surface area contributed by atoms with Gasteiger partial charge in [0.15, 0.2) is 0 Å². The van der Waals surface area contributed by atoms with Gasteiger partial charge < -0.3 is 15.2 Å². The monoisotopic (exact) mass is 263 g/mol. The molecule has 18 heavy (non-hydrogen) atoms. The Balaban J connectivity index is 2.30. The highest BCUT2D eigenvalue weighted by Gasteiger charge is 2.18. The fraction of sp³-hybridized carbons (Fsp3) is 0.286. The summed E-state index contributed by atoms with van der Waals surface area (Å²) in [6.45, 7) is 0. The summed E-state index contributed by atoms with van der Waals surface area (Å²) in [5.74, 6) is 1.55. The summed E-state index contributed by atoms with van der Waals surface area (Å²) in [6.07, 6.45) is 0.786. The van der Waals surface area contributed by atoms with Crippen LogP contribution in [0.4, 0.5) is 0 Å². The van der Waals surface area contributed by atoms with Crippen LogP contribution in [0.2, 0.25) is 0 Å². The second-order valence-electron chi connectivity index (χ2n) is 3.97. The van der Waals surface area contributed by atoms with E-state index in [2.05, 4.69) is 11.4 Å². The number of hydrogen-bond acceptors (Lipinski definition) is 4. The van der Waals surface area contributed by atoms with E-state index in [4.69, 9.17) is 15.2 Å². The van der Waals surface area contributed by atoms with Gasteiger partial charge >= 0.3 is 0 Å². The third-order valence-electron chi connectivity index (χ3n) is 2.84. The molecule has 2 rings (SSSR count). The van der Waals surface area contributed by atoms with Crippen molar-refractivity contribution < 1.29 is 9.47 Å². The Hall–Kier alpha value is -1.52. The van der Waals surface area contributed by atoms with E-state index in [1.165, 1.54) is 4.88 Å². The molecule has 0 radical (unpaired) electrons. The van der Waals surface area contributed by atoms with Gasteiger partial charge in [-0.05, 0) is 23.6 Å². The Bertz CT molecular complexity index is 474. The number of methoxy groups -OCH3 is 2. The molecule has 0 amide bonds. The zero-order chi connectivity index (χ0) is 13.0. The summed E-state index contributed by atoms with van der Waals surface area (Å²) in [4.78, 5) is 1.26. The molecule has 96 valence electrons. The van der Waals surface area contributed by atoms with E-state index in [0.717, 1.165) is 23.5 Å². The van der Waals surface area contributed by atoms with Crippen molar-refractivity contribution in [3.63, 3.8) is 0 Å². The van der Waals surface area contributed by atoms with E-state index in [1.54, 1.807) is 25.6 Å². The molecule has 0 aliphatic heterocycles. The molecular formula is C14H17NO2S. The van der Waals surface area contributed by atoms with Crippen LogP contribution < -0.4 is 15.2 Å². The lowest BCUT2D eigenvalue weighted by molar-refractivity contribution is 0.379. The van der Waals surface area contributed by atoms with Gasteiger partial charge in [0.25, 0.3) is 0 Å². The Labute approximate surface area is 111 Å². The van der Waals surface area contributed by atoms with Crippen LogP contribution in [0.3, 0.4) is 0 Å². The molecule has 1 aromatic heterocycles. The van der Waals surface area contributed by atoms with Crippen LogP contribution >= 0.6 is 11.3 Å². The molecule has 1 aromatic carbocycles. The third kappa shape index (κ3) is 2.66. The summed E-state index contributed by atoms with van der Waals surface area (Å²) >= 11 is 1.71. The van der Waals surface area contributed by atoms with Gasteiger partial charge in [-0.1, -0.05) is 12.1 Å². The molecule has 2 aromatic rings. The van der Waals surface area contributed by atoms with Gasteiger partial charge in [0.05, 0.1) is 19.8 Å². The molecule has 0 aliphatic carbocycles. The van der Waals surface area contributed by atoms with Gasteiger partial charge in [0, 0.05) is 17.3 Å². The van der Waals surface area contributed by atoms with E-state index in [0.29, 0.717) is 0 Å². The number of nitrogens with two attached hydrogens (primary N) is 1. The normalized spacial score (nSPS) is 12.2. The molecule has 1 atom stereocenters. The predicted octanol–water partition coefficient (Wildman–Crippen LogP) is 3.01. The van der Waals surface area contributed by atoms with Crippen LogP contribution in [-0.4, -0.2) is 14.2 Å². The third-order valence-corrected chi connectivity index (χ3v) is 3.74. The Kier molecular flexibility index (Phi) is 4.23. The summed E-state index contributed by atoms with van der Waals surface area (Å²) in [6, 6.07) is 9.71. The number of thiophene rings is 1. The summed E-state index contributed by atoms with van der Waals surface area (Å²) in [5, 5.41) is 2.06. The van der Waals surface area contributed by atoms with Crippen molar-refractivity contribution in [3.05, 3.63) is 46.2 Å². The molecule has 1 heterocycles. The van der Waals surface area contributed by atoms with Crippen molar-refractivity contribution in [2.24, 2.45) is 5.73 Å². The van der Waals surface area contributed by atoms with Crippen molar-refractivity contribution in [3.8, 4) is 11.5 Å². The molecule has 0 bridgehead atoms. The molecule has 1 unspecified atom stereocenters.